The highest BCUT2D eigenvalue weighted by Crippen LogP contribution is 2.05. The third-order valence-electron chi connectivity index (χ3n) is 2.36. The zero-order valence-electron chi connectivity index (χ0n) is 10.8. The molecular weight excluding hydrogens is 296 g/mol. The van der Waals surface area contributed by atoms with Crippen molar-refractivity contribution in [2.45, 2.75) is 20.3 Å². The van der Waals surface area contributed by atoms with Crippen molar-refractivity contribution in [2.75, 3.05) is 19.8 Å². The van der Waals surface area contributed by atoms with Crippen LogP contribution in [0.4, 0.5) is 0 Å². The van der Waals surface area contributed by atoms with E-state index in [-0.39, 0.29) is 5.91 Å². The van der Waals surface area contributed by atoms with Gasteiger partial charge in [-0.1, -0.05) is 13.8 Å². The predicted octanol–water partition coefficient (Wildman–Crippen LogP) is 2.64. The fraction of sp³-hybridized carbons (Fsp3) is 0.538. The fourth-order valence-electron chi connectivity index (χ4n) is 1.27. The lowest BCUT2D eigenvalue weighted by Gasteiger charge is -2.07. The highest BCUT2D eigenvalue weighted by molar-refractivity contribution is 9.10. The number of pyridine rings is 1. The second kappa shape index (κ2) is 8.21. The largest absolute Gasteiger partial charge is 0.380 e. The van der Waals surface area contributed by atoms with Crippen LogP contribution in [0, 0.1) is 5.92 Å². The Bertz CT molecular complexity index is 366. The molecule has 1 aromatic heterocycles. The molecule has 100 valence electrons. The van der Waals surface area contributed by atoms with Crippen molar-refractivity contribution in [3.63, 3.8) is 0 Å². The van der Waals surface area contributed by atoms with E-state index in [1.807, 2.05) is 0 Å². The summed E-state index contributed by atoms with van der Waals surface area (Å²) < 4.78 is 6.13. The third-order valence-corrected chi connectivity index (χ3v) is 2.83. The molecule has 0 saturated carbocycles. The van der Waals surface area contributed by atoms with Crippen LogP contribution in [0.25, 0.3) is 0 Å². The minimum atomic E-state index is -0.123. The van der Waals surface area contributed by atoms with Crippen LogP contribution in [0.5, 0.6) is 0 Å². The van der Waals surface area contributed by atoms with E-state index >= 15 is 0 Å². The lowest BCUT2D eigenvalue weighted by Crippen LogP contribution is -2.27. The van der Waals surface area contributed by atoms with Gasteiger partial charge in [0, 0.05) is 19.3 Å². The molecule has 0 spiro atoms. The van der Waals surface area contributed by atoms with E-state index in [1.165, 1.54) is 0 Å². The molecule has 5 heteroatoms. The first kappa shape index (κ1) is 15.1. The van der Waals surface area contributed by atoms with E-state index in [4.69, 9.17) is 4.74 Å². The molecule has 1 N–H and O–H groups in total. The minimum Gasteiger partial charge on any atom is -0.380 e. The van der Waals surface area contributed by atoms with Gasteiger partial charge in [0.25, 0.3) is 5.91 Å². The summed E-state index contributed by atoms with van der Waals surface area (Å²) in [6.07, 6.45) is 2.59. The molecule has 0 radical (unpaired) electrons. The lowest BCUT2D eigenvalue weighted by atomic mass is 10.1. The molecule has 0 aromatic carbocycles. The number of ether oxygens (including phenoxy) is 1. The number of nitrogens with one attached hydrogen (secondary N) is 1. The van der Waals surface area contributed by atoms with E-state index in [2.05, 4.69) is 40.1 Å². The Morgan fingerprint density at radius 2 is 2.22 bits per heavy atom. The van der Waals surface area contributed by atoms with Crippen LogP contribution < -0.4 is 5.32 Å². The molecule has 18 heavy (non-hydrogen) atoms. The molecule has 0 saturated heterocycles. The number of hydrogen-bond acceptors (Lipinski definition) is 3. The zero-order valence-corrected chi connectivity index (χ0v) is 12.4. The first-order valence-corrected chi connectivity index (χ1v) is 6.86. The highest BCUT2D eigenvalue weighted by atomic mass is 79.9. The molecule has 1 heterocycles. The monoisotopic (exact) mass is 314 g/mol. The van der Waals surface area contributed by atoms with Gasteiger partial charge in [-0.15, -0.1) is 0 Å². The Labute approximate surface area is 116 Å². The molecule has 1 rings (SSSR count). The Morgan fingerprint density at radius 1 is 1.44 bits per heavy atom. The summed E-state index contributed by atoms with van der Waals surface area (Å²) in [7, 11) is 0. The summed E-state index contributed by atoms with van der Waals surface area (Å²) >= 11 is 3.22. The average Bonchev–Trinajstić information content (AvgIpc) is 2.34. The van der Waals surface area contributed by atoms with Gasteiger partial charge < -0.3 is 10.1 Å². The van der Waals surface area contributed by atoms with Crippen molar-refractivity contribution < 1.29 is 9.53 Å². The van der Waals surface area contributed by atoms with Gasteiger partial charge in [0.15, 0.2) is 0 Å². The van der Waals surface area contributed by atoms with Crippen molar-refractivity contribution in [1.82, 2.24) is 10.3 Å². The number of rotatable bonds is 7. The molecule has 4 nitrogen and oxygen atoms in total. The van der Waals surface area contributed by atoms with Crippen LogP contribution in [0.1, 0.15) is 30.6 Å². The van der Waals surface area contributed by atoms with Crippen LogP contribution in [0.2, 0.25) is 0 Å². The van der Waals surface area contributed by atoms with Crippen molar-refractivity contribution >= 4 is 21.8 Å². The third kappa shape index (κ3) is 6.12. The van der Waals surface area contributed by atoms with E-state index in [1.54, 1.807) is 18.3 Å². The quantitative estimate of drug-likeness (QED) is 0.622. The second-order valence-electron chi connectivity index (χ2n) is 4.42. The Hall–Kier alpha value is -0.940. The summed E-state index contributed by atoms with van der Waals surface area (Å²) in [5, 5.41) is 2.79. The van der Waals surface area contributed by atoms with Crippen LogP contribution in [-0.2, 0) is 4.74 Å². The van der Waals surface area contributed by atoms with Crippen molar-refractivity contribution in [2.24, 2.45) is 5.92 Å². The Kier molecular flexibility index (Phi) is 6.90. The van der Waals surface area contributed by atoms with Gasteiger partial charge in [0.2, 0.25) is 0 Å². The van der Waals surface area contributed by atoms with Crippen LogP contribution in [-0.4, -0.2) is 30.6 Å². The number of hydrogen-bond donors (Lipinski definition) is 1. The molecule has 0 fully saturated rings. The first-order valence-electron chi connectivity index (χ1n) is 6.07. The number of aromatic nitrogens is 1. The fourth-order valence-corrected chi connectivity index (χ4v) is 1.50. The van der Waals surface area contributed by atoms with Crippen LogP contribution >= 0.6 is 15.9 Å². The summed E-state index contributed by atoms with van der Waals surface area (Å²) in [6, 6.07) is 3.47. The SMILES string of the molecule is CC(C)CCOCCNC(=O)c1ccc(Br)nc1. The number of amides is 1. The van der Waals surface area contributed by atoms with E-state index in [9.17, 15) is 4.79 Å². The highest BCUT2D eigenvalue weighted by Gasteiger charge is 2.04. The van der Waals surface area contributed by atoms with Gasteiger partial charge in [-0.2, -0.15) is 0 Å². The molecule has 1 amide bonds. The van der Waals surface area contributed by atoms with Gasteiger partial charge in [0.05, 0.1) is 12.2 Å². The summed E-state index contributed by atoms with van der Waals surface area (Å²) in [5.74, 6) is 0.524. The molecule has 0 bridgehead atoms. The first-order chi connectivity index (χ1) is 8.59. The molecule has 0 atom stereocenters. The van der Waals surface area contributed by atoms with Crippen LogP contribution in [0.3, 0.4) is 0 Å². The molecule has 0 unspecified atom stereocenters. The van der Waals surface area contributed by atoms with Gasteiger partial charge >= 0.3 is 0 Å². The second-order valence-corrected chi connectivity index (χ2v) is 5.23. The van der Waals surface area contributed by atoms with E-state index in [0.717, 1.165) is 17.6 Å². The van der Waals surface area contributed by atoms with Crippen molar-refractivity contribution in [1.29, 1.82) is 0 Å². The van der Waals surface area contributed by atoms with Gasteiger partial charge in [0.1, 0.15) is 4.60 Å². The van der Waals surface area contributed by atoms with E-state index in [0.29, 0.717) is 24.6 Å². The topological polar surface area (TPSA) is 51.2 Å². The smallest absolute Gasteiger partial charge is 0.252 e. The molecule has 0 aliphatic carbocycles. The van der Waals surface area contributed by atoms with Gasteiger partial charge in [-0.05, 0) is 40.4 Å². The lowest BCUT2D eigenvalue weighted by molar-refractivity contribution is 0.0905. The molecule has 1 aromatic rings. The minimum absolute atomic E-state index is 0.123. The van der Waals surface area contributed by atoms with Crippen LogP contribution in [0.15, 0.2) is 22.9 Å². The van der Waals surface area contributed by atoms with Gasteiger partial charge in [-0.3, -0.25) is 4.79 Å². The number of nitrogens with zero attached hydrogens (tertiary/aromatic N) is 1. The number of carbonyl (C=O) groups is 1. The maximum Gasteiger partial charge on any atom is 0.252 e. The summed E-state index contributed by atoms with van der Waals surface area (Å²) in [6.45, 7) is 6.13. The van der Waals surface area contributed by atoms with Gasteiger partial charge in [-0.25, -0.2) is 4.98 Å². The summed E-state index contributed by atoms with van der Waals surface area (Å²) in [5.41, 5.74) is 0.556. The predicted molar refractivity (Wildman–Crippen MR) is 74.5 cm³/mol. The zero-order chi connectivity index (χ0) is 13.4. The normalized spacial score (nSPS) is 10.7. The molecular formula is C13H19BrN2O2. The van der Waals surface area contributed by atoms with Crippen molar-refractivity contribution in [3.05, 3.63) is 28.5 Å². The molecule has 0 aliphatic heterocycles. The number of carbonyl (C=O) groups excluding carboxylic acids is 1. The Balaban J connectivity index is 2.16. The maximum atomic E-state index is 11.7. The number of halogens is 1. The van der Waals surface area contributed by atoms with Crippen molar-refractivity contribution in [3.8, 4) is 0 Å². The average molecular weight is 315 g/mol. The Morgan fingerprint density at radius 3 is 2.83 bits per heavy atom. The standard InChI is InChI=1S/C13H19BrN2O2/c1-10(2)5-7-18-8-6-15-13(17)11-3-4-12(14)16-9-11/h3-4,9-10H,5-8H2,1-2H3,(H,15,17). The maximum absolute atomic E-state index is 11.7. The van der Waals surface area contributed by atoms with E-state index < -0.39 is 0 Å². The summed E-state index contributed by atoms with van der Waals surface area (Å²) in [4.78, 5) is 15.7. The molecule has 0 aliphatic rings.